The predicted octanol–water partition coefficient (Wildman–Crippen LogP) is 3.07. The average molecular weight is 485 g/mol. The van der Waals surface area contributed by atoms with Gasteiger partial charge in [-0.05, 0) is 49.6 Å². The van der Waals surface area contributed by atoms with Gasteiger partial charge in [0.2, 0.25) is 15.8 Å². The number of nitrogens with one attached hydrogen (secondary N) is 1. The zero-order chi connectivity index (χ0) is 24.3. The van der Waals surface area contributed by atoms with Gasteiger partial charge in [0, 0.05) is 19.2 Å². The number of hydrogen-bond donors (Lipinski definition) is 1. The molecule has 1 N–H and O–H groups in total. The highest BCUT2D eigenvalue weighted by Crippen LogP contribution is 2.28. The highest BCUT2D eigenvalue weighted by atomic mass is 32.2. The molecule has 2 heterocycles. The van der Waals surface area contributed by atoms with Gasteiger partial charge in [0.1, 0.15) is 10.5 Å². The fraction of sp³-hybridized carbons (Fsp3) is 0.292. The Morgan fingerprint density at radius 2 is 1.79 bits per heavy atom. The van der Waals surface area contributed by atoms with Crippen molar-refractivity contribution in [3.63, 3.8) is 0 Å². The Morgan fingerprint density at radius 1 is 1.06 bits per heavy atom. The summed E-state index contributed by atoms with van der Waals surface area (Å²) in [7, 11) is -3.80. The topological polar surface area (TPSA) is 123 Å². The molecule has 0 spiro atoms. The van der Waals surface area contributed by atoms with Crippen LogP contribution >= 0.6 is 0 Å². The van der Waals surface area contributed by atoms with Crippen LogP contribution in [-0.2, 0) is 19.6 Å². The summed E-state index contributed by atoms with van der Waals surface area (Å²) in [5, 5.41) is 2.83. The predicted molar refractivity (Wildman–Crippen MR) is 125 cm³/mol. The lowest BCUT2D eigenvalue weighted by Gasteiger charge is -2.27. The first-order valence-corrected chi connectivity index (χ1v) is 12.3. The van der Waals surface area contributed by atoms with Crippen molar-refractivity contribution < 1.29 is 27.2 Å². The summed E-state index contributed by atoms with van der Waals surface area (Å²) in [5.41, 5.74) is 0.643. The molecule has 4 rings (SSSR count). The van der Waals surface area contributed by atoms with Crippen LogP contribution in [0.25, 0.3) is 11.0 Å². The summed E-state index contributed by atoms with van der Waals surface area (Å²) < 4.78 is 38.2. The fourth-order valence-electron chi connectivity index (χ4n) is 3.78. The summed E-state index contributed by atoms with van der Waals surface area (Å²) in [6, 6.07) is 12.1. The van der Waals surface area contributed by atoms with Gasteiger partial charge in [-0.3, -0.25) is 9.59 Å². The first-order chi connectivity index (χ1) is 16.3. The third-order valence-corrected chi connectivity index (χ3v) is 7.45. The number of aryl methyl sites for hydroxylation is 1. The van der Waals surface area contributed by atoms with Gasteiger partial charge in [0.25, 0.3) is 5.91 Å². The van der Waals surface area contributed by atoms with Crippen molar-refractivity contribution in [1.29, 1.82) is 0 Å². The maximum Gasteiger partial charge on any atom is 0.374 e. The van der Waals surface area contributed by atoms with Crippen LogP contribution in [0.15, 0.2) is 62.6 Å². The monoisotopic (exact) mass is 484 g/mol. The van der Waals surface area contributed by atoms with Crippen molar-refractivity contribution in [2.45, 2.75) is 31.1 Å². The molecule has 3 aromatic rings. The third-order valence-electron chi connectivity index (χ3n) is 5.51. The normalized spacial score (nSPS) is 14.6. The maximum absolute atomic E-state index is 13.2. The van der Waals surface area contributed by atoms with E-state index < -0.39 is 33.9 Å². The van der Waals surface area contributed by atoms with Crippen molar-refractivity contribution in [2.24, 2.45) is 0 Å². The number of carbonyl (C=O) groups excluding carboxylic acids is 2. The second-order valence-electron chi connectivity index (χ2n) is 8.06. The van der Waals surface area contributed by atoms with Crippen LogP contribution in [0, 0.1) is 6.92 Å². The maximum atomic E-state index is 13.2. The van der Waals surface area contributed by atoms with Crippen molar-refractivity contribution in [2.75, 3.05) is 25.0 Å². The molecule has 0 atom stereocenters. The second-order valence-corrected chi connectivity index (χ2v) is 9.97. The van der Waals surface area contributed by atoms with Gasteiger partial charge in [-0.25, -0.2) is 13.2 Å². The van der Waals surface area contributed by atoms with Crippen LogP contribution in [0.5, 0.6) is 0 Å². The molecule has 0 aliphatic carbocycles. The average Bonchev–Trinajstić information content (AvgIpc) is 2.84. The van der Waals surface area contributed by atoms with E-state index >= 15 is 0 Å². The van der Waals surface area contributed by atoms with E-state index in [9.17, 15) is 22.8 Å². The molecule has 34 heavy (non-hydrogen) atoms. The molecule has 1 aliphatic heterocycles. The highest BCUT2D eigenvalue weighted by Gasteiger charge is 2.29. The van der Waals surface area contributed by atoms with Crippen molar-refractivity contribution >= 4 is 38.6 Å². The van der Waals surface area contributed by atoms with Crippen LogP contribution in [0.1, 0.15) is 35.4 Å². The molecule has 0 unspecified atom stereocenters. The number of ether oxygens (including phenoxy) is 1. The Labute approximate surface area is 196 Å². The number of anilines is 1. The van der Waals surface area contributed by atoms with Crippen LogP contribution in [0.2, 0.25) is 0 Å². The van der Waals surface area contributed by atoms with E-state index in [0.29, 0.717) is 18.5 Å². The number of nitrogens with zero attached hydrogens (tertiary/aromatic N) is 1. The first kappa shape index (κ1) is 23.7. The fourth-order valence-corrected chi connectivity index (χ4v) is 5.53. The van der Waals surface area contributed by atoms with E-state index in [2.05, 4.69) is 5.32 Å². The van der Waals surface area contributed by atoms with Gasteiger partial charge in [-0.15, -0.1) is 0 Å². The first-order valence-electron chi connectivity index (χ1n) is 10.9. The summed E-state index contributed by atoms with van der Waals surface area (Å²) in [5.74, 6) is -2.04. The number of rotatable bonds is 6. The molecule has 1 saturated heterocycles. The smallest absolute Gasteiger partial charge is 0.374 e. The Hall–Kier alpha value is -3.50. The lowest BCUT2D eigenvalue weighted by atomic mass is 10.2. The van der Waals surface area contributed by atoms with Gasteiger partial charge >= 0.3 is 5.97 Å². The summed E-state index contributed by atoms with van der Waals surface area (Å²) in [6.07, 6.45) is 2.55. The molecule has 0 saturated carbocycles. The van der Waals surface area contributed by atoms with Crippen LogP contribution < -0.4 is 10.7 Å². The van der Waals surface area contributed by atoms with E-state index in [1.165, 1.54) is 16.4 Å². The molecule has 1 fully saturated rings. The minimum atomic E-state index is -3.80. The van der Waals surface area contributed by atoms with Gasteiger partial charge in [-0.1, -0.05) is 24.6 Å². The van der Waals surface area contributed by atoms with E-state index in [0.717, 1.165) is 30.9 Å². The van der Waals surface area contributed by atoms with Crippen LogP contribution in [0.4, 0.5) is 5.69 Å². The molecule has 0 bridgehead atoms. The third kappa shape index (κ3) is 5.02. The van der Waals surface area contributed by atoms with Gasteiger partial charge in [-0.2, -0.15) is 4.31 Å². The van der Waals surface area contributed by atoms with Gasteiger partial charge in [0.15, 0.2) is 12.0 Å². The molecule has 1 aliphatic rings. The molecule has 9 nitrogen and oxygen atoms in total. The Bertz CT molecular complexity index is 1410. The molecule has 178 valence electrons. The SMILES string of the molecule is Cc1ccc(NC(=O)COC(=O)c2cc(=O)c3ccccc3o2)c(S(=O)(=O)N2CCCCC2)c1. The number of carbonyl (C=O) groups is 2. The van der Waals surface area contributed by atoms with Crippen LogP contribution in [0.3, 0.4) is 0 Å². The number of hydrogen-bond acceptors (Lipinski definition) is 7. The second kappa shape index (κ2) is 9.78. The number of para-hydroxylation sites is 1. The van der Waals surface area contributed by atoms with Crippen LogP contribution in [-0.4, -0.2) is 44.3 Å². The lowest BCUT2D eigenvalue weighted by molar-refractivity contribution is -0.119. The Morgan fingerprint density at radius 3 is 2.56 bits per heavy atom. The molecule has 0 radical (unpaired) electrons. The zero-order valence-electron chi connectivity index (χ0n) is 18.6. The molecule has 2 aromatic carbocycles. The number of amides is 1. The molecular formula is C24H24N2O7S. The number of benzene rings is 2. The Kier molecular flexibility index (Phi) is 6.80. The standard InChI is InChI=1S/C24H24N2O7S/c1-16-9-10-18(22(13-16)34(30,31)26-11-5-2-6-12-26)25-23(28)15-32-24(29)21-14-19(27)17-7-3-4-8-20(17)33-21/h3-4,7-10,13-14H,2,5-6,11-12,15H2,1H3,(H,25,28). The number of sulfonamides is 1. The van der Waals surface area contributed by atoms with Gasteiger partial charge in [0.05, 0.1) is 11.1 Å². The molecule has 1 amide bonds. The summed E-state index contributed by atoms with van der Waals surface area (Å²) in [4.78, 5) is 37.0. The largest absolute Gasteiger partial charge is 0.450 e. The van der Waals surface area contributed by atoms with E-state index in [1.54, 1.807) is 37.3 Å². The molecule has 1 aromatic heterocycles. The number of esters is 1. The zero-order valence-corrected chi connectivity index (χ0v) is 19.4. The van der Waals surface area contributed by atoms with Crippen molar-refractivity contribution in [3.8, 4) is 0 Å². The highest BCUT2D eigenvalue weighted by molar-refractivity contribution is 7.89. The van der Waals surface area contributed by atoms with Crippen molar-refractivity contribution in [3.05, 3.63) is 70.1 Å². The Balaban J connectivity index is 1.47. The number of fused-ring (bicyclic) bond motifs is 1. The lowest BCUT2D eigenvalue weighted by Crippen LogP contribution is -2.36. The molecular weight excluding hydrogens is 460 g/mol. The van der Waals surface area contributed by atoms with E-state index in [-0.39, 0.29) is 21.9 Å². The van der Waals surface area contributed by atoms with Crippen molar-refractivity contribution in [1.82, 2.24) is 4.31 Å². The van der Waals surface area contributed by atoms with E-state index in [1.807, 2.05) is 0 Å². The molecule has 10 heteroatoms. The minimum Gasteiger partial charge on any atom is -0.450 e. The quantitative estimate of drug-likeness (QED) is 0.534. The van der Waals surface area contributed by atoms with E-state index in [4.69, 9.17) is 9.15 Å². The summed E-state index contributed by atoms with van der Waals surface area (Å²) >= 11 is 0. The summed E-state index contributed by atoms with van der Waals surface area (Å²) in [6.45, 7) is 1.93. The minimum absolute atomic E-state index is 0.00500. The van der Waals surface area contributed by atoms with Gasteiger partial charge < -0.3 is 14.5 Å². The number of piperidine rings is 1.